The highest BCUT2D eigenvalue weighted by molar-refractivity contribution is 7.18. The SMILES string of the molecule is CCOC(=O)c1sc(N)c(C#N)c1CN1CCN(c2ccccc2)CC1. The molecule has 0 aliphatic carbocycles. The Kier molecular flexibility index (Phi) is 5.76. The first-order chi connectivity index (χ1) is 12.6. The van der Waals surface area contributed by atoms with Crippen LogP contribution in [0.2, 0.25) is 0 Å². The number of nitrogens with two attached hydrogens (primary N) is 1. The van der Waals surface area contributed by atoms with Gasteiger partial charge < -0.3 is 15.4 Å². The van der Waals surface area contributed by atoms with E-state index in [-0.39, 0.29) is 0 Å². The molecule has 6 nitrogen and oxygen atoms in total. The third kappa shape index (κ3) is 3.82. The molecule has 0 unspecified atom stereocenters. The summed E-state index contributed by atoms with van der Waals surface area (Å²) in [5.41, 5.74) is 8.27. The van der Waals surface area contributed by atoms with Crippen LogP contribution in [-0.4, -0.2) is 43.7 Å². The van der Waals surface area contributed by atoms with Gasteiger partial charge in [0.05, 0.1) is 12.2 Å². The Bertz CT molecular complexity index is 805. The normalized spacial score (nSPS) is 14.8. The Balaban J connectivity index is 1.72. The first-order valence-electron chi connectivity index (χ1n) is 8.64. The van der Waals surface area contributed by atoms with Gasteiger partial charge in [-0.2, -0.15) is 5.26 Å². The molecule has 7 heteroatoms. The van der Waals surface area contributed by atoms with Crippen molar-refractivity contribution in [3.63, 3.8) is 0 Å². The number of nitriles is 1. The van der Waals surface area contributed by atoms with Gasteiger partial charge in [0, 0.05) is 44.0 Å². The van der Waals surface area contributed by atoms with Crippen molar-refractivity contribution >= 4 is 28.0 Å². The molecule has 136 valence electrons. The zero-order chi connectivity index (χ0) is 18.5. The molecule has 1 fully saturated rings. The molecule has 1 saturated heterocycles. The molecule has 0 bridgehead atoms. The fourth-order valence-electron chi connectivity index (χ4n) is 3.15. The summed E-state index contributed by atoms with van der Waals surface area (Å²) < 4.78 is 5.13. The van der Waals surface area contributed by atoms with E-state index in [2.05, 4.69) is 28.0 Å². The summed E-state index contributed by atoms with van der Waals surface area (Å²) in [5.74, 6) is -0.399. The van der Waals surface area contributed by atoms with E-state index in [4.69, 9.17) is 10.5 Å². The first-order valence-corrected chi connectivity index (χ1v) is 9.46. The van der Waals surface area contributed by atoms with E-state index in [0.717, 1.165) is 37.5 Å². The van der Waals surface area contributed by atoms with Crippen molar-refractivity contribution in [1.29, 1.82) is 5.26 Å². The van der Waals surface area contributed by atoms with Crippen molar-refractivity contribution in [1.82, 2.24) is 4.90 Å². The summed E-state index contributed by atoms with van der Waals surface area (Å²) in [7, 11) is 0. The number of para-hydroxylation sites is 1. The smallest absolute Gasteiger partial charge is 0.348 e. The number of carbonyl (C=O) groups is 1. The standard InChI is InChI=1S/C19H22N4O2S/c1-2-25-19(24)17-16(15(12-20)18(21)26-17)13-22-8-10-23(11-9-22)14-6-4-3-5-7-14/h3-7H,2,8-11,13,21H2,1H3. The van der Waals surface area contributed by atoms with Gasteiger partial charge in [-0.25, -0.2) is 4.79 Å². The summed E-state index contributed by atoms with van der Waals surface area (Å²) in [4.78, 5) is 17.3. The third-order valence-electron chi connectivity index (χ3n) is 4.48. The fourth-order valence-corrected chi connectivity index (χ4v) is 4.07. The number of carbonyl (C=O) groups excluding carboxylic acids is 1. The molecule has 2 N–H and O–H groups in total. The number of benzene rings is 1. The van der Waals surface area contributed by atoms with E-state index in [1.54, 1.807) is 6.92 Å². The van der Waals surface area contributed by atoms with Crippen LogP contribution in [0.25, 0.3) is 0 Å². The minimum atomic E-state index is -0.399. The maximum Gasteiger partial charge on any atom is 0.348 e. The second-order valence-corrected chi connectivity index (χ2v) is 7.13. The Morgan fingerprint density at radius 1 is 1.27 bits per heavy atom. The monoisotopic (exact) mass is 370 g/mol. The van der Waals surface area contributed by atoms with Crippen molar-refractivity contribution < 1.29 is 9.53 Å². The summed E-state index contributed by atoms with van der Waals surface area (Å²) in [6.45, 7) is 6.12. The number of nitrogens with zero attached hydrogens (tertiary/aromatic N) is 3. The van der Waals surface area contributed by atoms with E-state index in [0.29, 0.717) is 34.2 Å². The molecule has 2 heterocycles. The van der Waals surface area contributed by atoms with Crippen LogP contribution < -0.4 is 10.6 Å². The van der Waals surface area contributed by atoms with Crippen molar-refractivity contribution in [3.8, 4) is 6.07 Å². The molecule has 1 aliphatic rings. The number of piperazine rings is 1. The van der Waals surface area contributed by atoms with Gasteiger partial charge in [0.15, 0.2) is 0 Å². The molecule has 0 saturated carbocycles. The van der Waals surface area contributed by atoms with Crippen molar-refractivity contribution in [3.05, 3.63) is 46.3 Å². The van der Waals surface area contributed by atoms with Crippen LogP contribution in [0.15, 0.2) is 30.3 Å². The van der Waals surface area contributed by atoms with Crippen LogP contribution in [0.3, 0.4) is 0 Å². The van der Waals surface area contributed by atoms with Crippen LogP contribution in [0, 0.1) is 11.3 Å². The minimum Gasteiger partial charge on any atom is -0.462 e. The third-order valence-corrected chi connectivity index (χ3v) is 5.52. The number of hydrogen-bond acceptors (Lipinski definition) is 7. The van der Waals surface area contributed by atoms with Gasteiger partial charge in [0.2, 0.25) is 0 Å². The number of nitrogen functional groups attached to an aromatic ring is 1. The molecule has 0 spiro atoms. The van der Waals surface area contributed by atoms with Gasteiger partial charge in [-0.3, -0.25) is 4.90 Å². The maximum absolute atomic E-state index is 12.2. The lowest BCUT2D eigenvalue weighted by Gasteiger charge is -2.36. The van der Waals surface area contributed by atoms with Gasteiger partial charge in [-0.1, -0.05) is 18.2 Å². The average molecular weight is 370 g/mol. The van der Waals surface area contributed by atoms with E-state index in [9.17, 15) is 10.1 Å². The first kappa shape index (κ1) is 18.2. The topological polar surface area (TPSA) is 82.6 Å². The van der Waals surface area contributed by atoms with E-state index >= 15 is 0 Å². The lowest BCUT2D eigenvalue weighted by molar-refractivity contribution is 0.0529. The molecule has 0 atom stereocenters. The van der Waals surface area contributed by atoms with Gasteiger partial charge in [-0.15, -0.1) is 11.3 Å². The van der Waals surface area contributed by atoms with Crippen molar-refractivity contribution in [2.45, 2.75) is 13.5 Å². The van der Waals surface area contributed by atoms with Crippen LogP contribution in [-0.2, 0) is 11.3 Å². The zero-order valence-corrected chi connectivity index (χ0v) is 15.6. The zero-order valence-electron chi connectivity index (χ0n) is 14.8. The van der Waals surface area contributed by atoms with Gasteiger partial charge in [0.25, 0.3) is 0 Å². The molecule has 3 rings (SSSR count). The lowest BCUT2D eigenvalue weighted by Crippen LogP contribution is -2.46. The van der Waals surface area contributed by atoms with Crippen molar-refractivity contribution in [2.75, 3.05) is 43.4 Å². The molecule has 2 aromatic rings. The van der Waals surface area contributed by atoms with Crippen LogP contribution in [0.4, 0.5) is 10.7 Å². The second-order valence-electron chi connectivity index (χ2n) is 6.08. The van der Waals surface area contributed by atoms with Crippen LogP contribution in [0.5, 0.6) is 0 Å². The number of thiophene rings is 1. The largest absolute Gasteiger partial charge is 0.462 e. The Labute approximate surface area is 157 Å². The number of ether oxygens (including phenoxy) is 1. The minimum absolute atomic E-state index is 0.299. The number of hydrogen-bond donors (Lipinski definition) is 1. The van der Waals surface area contributed by atoms with Gasteiger partial charge in [-0.05, 0) is 19.1 Å². The van der Waals surface area contributed by atoms with E-state index < -0.39 is 5.97 Å². The van der Waals surface area contributed by atoms with Gasteiger partial charge >= 0.3 is 5.97 Å². The summed E-state index contributed by atoms with van der Waals surface area (Å²) in [6, 6.07) is 12.5. The maximum atomic E-state index is 12.2. The predicted octanol–water partition coefficient (Wildman–Crippen LogP) is 2.70. The number of anilines is 2. The predicted molar refractivity (Wildman–Crippen MR) is 103 cm³/mol. The summed E-state index contributed by atoms with van der Waals surface area (Å²) >= 11 is 1.14. The molecule has 1 aromatic heterocycles. The molecular formula is C19H22N4O2S. The second kappa shape index (κ2) is 8.21. The number of esters is 1. The molecule has 0 radical (unpaired) electrons. The average Bonchev–Trinajstić information content (AvgIpc) is 2.98. The Hall–Kier alpha value is -2.56. The quantitative estimate of drug-likeness (QED) is 0.815. The van der Waals surface area contributed by atoms with Crippen LogP contribution >= 0.6 is 11.3 Å². The number of rotatable bonds is 5. The molecule has 1 aliphatic heterocycles. The highest BCUT2D eigenvalue weighted by Crippen LogP contribution is 2.32. The summed E-state index contributed by atoms with van der Waals surface area (Å²) in [5, 5.41) is 9.83. The highest BCUT2D eigenvalue weighted by Gasteiger charge is 2.26. The molecular weight excluding hydrogens is 348 g/mol. The fraction of sp³-hybridized carbons (Fsp3) is 0.368. The van der Waals surface area contributed by atoms with E-state index in [1.165, 1.54) is 5.69 Å². The Morgan fingerprint density at radius 3 is 2.58 bits per heavy atom. The molecule has 26 heavy (non-hydrogen) atoms. The van der Waals surface area contributed by atoms with Crippen molar-refractivity contribution in [2.24, 2.45) is 0 Å². The lowest BCUT2D eigenvalue weighted by atomic mass is 10.1. The van der Waals surface area contributed by atoms with Gasteiger partial charge in [0.1, 0.15) is 15.9 Å². The van der Waals surface area contributed by atoms with E-state index in [1.807, 2.05) is 18.2 Å². The Morgan fingerprint density at radius 2 is 1.96 bits per heavy atom. The highest BCUT2D eigenvalue weighted by atomic mass is 32.1. The molecule has 0 amide bonds. The molecule has 1 aromatic carbocycles. The summed E-state index contributed by atoms with van der Waals surface area (Å²) in [6.07, 6.45) is 0. The van der Waals surface area contributed by atoms with Crippen LogP contribution in [0.1, 0.15) is 27.7 Å².